The molecule has 3 N–H and O–H groups in total. The van der Waals surface area contributed by atoms with E-state index >= 15 is 0 Å². The smallest absolute Gasteiger partial charge is 0.177 e. The number of anilines is 2. The normalized spacial score (nSPS) is 18.1. The standard InChI is InChI=1S/C14H22N2O2S2/c1-19-14(8-3-4-9-14)10-16-11-6-5-7-12(13(11)15)20(2,17)18/h5-7,16H,3-4,8-10,15H2,1-2H3. The van der Waals surface area contributed by atoms with E-state index in [1.54, 1.807) is 12.1 Å². The second kappa shape index (κ2) is 5.85. The first-order valence-electron chi connectivity index (χ1n) is 6.75. The minimum atomic E-state index is -3.28. The third kappa shape index (κ3) is 3.23. The number of sulfone groups is 1. The molecule has 0 aromatic heterocycles. The summed E-state index contributed by atoms with van der Waals surface area (Å²) in [4.78, 5) is 0.201. The Hall–Kier alpha value is -0.880. The SMILES string of the molecule is CSC1(CNc2cccc(S(C)(=O)=O)c2N)CCCC1. The summed E-state index contributed by atoms with van der Waals surface area (Å²) in [6.45, 7) is 0.825. The average Bonchev–Trinajstić information content (AvgIpc) is 2.85. The molecular weight excluding hydrogens is 292 g/mol. The molecule has 1 saturated carbocycles. The summed E-state index contributed by atoms with van der Waals surface area (Å²) in [6, 6.07) is 5.12. The van der Waals surface area contributed by atoms with Crippen molar-refractivity contribution in [3.63, 3.8) is 0 Å². The minimum Gasteiger partial charge on any atom is -0.396 e. The molecule has 1 aromatic carbocycles. The van der Waals surface area contributed by atoms with Gasteiger partial charge in [-0.15, -0.1) is 0 Å². The number of hydrogen-bond donors (Lipinski definition) is 2. The highest BCUT2D eigenvalue weighted by Crippen LogP contribution is 2.40. The van der Waals surface area contributed by atoms with Crippen molar-refractivity contribution in [2.45, 2.75) is 35.3 Å². The van der Waals surface area contributed by atoms with Crippen LogP contribution < -0.4 is 11.1 Å². The number of nitrogens with two attached hydrogens (primary N) is 1. The van der Waals surface area contributed by atoms with Crippen molar-refractivity contribution in [1.29, 1.82) is 0 Å². The molecule has 0 saturated heterocycles. The lowest BCUT2D eigenvalue weighted by atomic mass is 10.1. The van der Waals surface area contributed by atoms with Gasteiger partial charge in [0.2, 0.25) is 0 Å². The van der Waals surface area contributed by atoms with Crippen molar-refractivity contribution in [3.8, 4) is 0 Å². The number of nitrogen functional groups attached to an aromatic ring is 1. The first kappa shape index (κ1) is 15.5. The fourth-order valence-electron chi connectivity index (χ4n) is 2.75. The van der Waals surface area contributed by atoms with Crippen LogP contribution in [0.15, 0.2) is 23.1 Å². The van der Waals surface area contributed by atoms with E-state index in [0.717, 1.165) is 6.54 Å². The van der Waals surface area contributed by atoms with Gasteiger partial charge >= 0.3 is 0 Å². The van der Waals surface area contributed by atoms with Crippen molar-refractivity contribution in [1.82, 2.24) is 0 Å². The predicted octanol–water partition coefficient (Wildman–Crippen LogP) is 2.76. The summed E-state index contributed by atoms with van der Waals surface area (Å²) in [6.07, 6.45) is 8.26. The maximum atomic E-state index is 11.7. The number of rotatable bonds is 5. The van der Waals surface area contributed by atoms with Gasteiger partial charge in [-0.1, -0.05) is 18.9 Å². The Labute approximate surface area is 125 Å². The van der Waals surface area contributed by atoms with Gasteiger partial charge in [0.15, 0.2) is 9.84 Å². The van der Waals surface area contributed by atoms with E-state index < -0.39 is 9.84 Å². The number of nitrogens with one attached hydrogen (secondary N) is 1. The molecule has 112 valence electrons. The number of para-hydroxylation sites is 1. The lowest BCUT2D eigenvalue weighted by Gasteiger charge is -2.28. The van der Waals surface area contributed by atoms with E-state index in [1.807, 2.05) is 17.8 Å². The van der Waals surface area contributed by atoms with E-state index in [0.29, 0.717) is 11.4 Å². The molecule has 0 bridgehead atoms. The monoisotopic (exact) mass is 314 g/mol. The molecule has 1 aliphatic rings. The molecule has 0 aliphatic heterocycles. The Morgan fingerprint density at radius 3 is 2.55 bits per heavy atom. The van der Waals surface area contributed by atoms with Crippen LogP contribution in [0.1, 0.15) is 25.7 Å². The summed E-state index contributed by atoms with van der Waals surface area (Å²) < 4.78 is 23.6. The van der Waals surface area contributed by atoms with Crippen molar-refractivity contribution in [2.75, 3.05) is 30.1 Å². The molecule has 1 aliphatic carbocycles. The van der Waals surface area contributed by atoms with Crippen LogP contribution in [0.5, 0.6) is 0 Å². The van der Waals surface area contributed by atoms with E-state index in [1.165, 1.54) is 31.9 Å². The zero-order valence-electron chi connectivity index (χ0n) is 12.0. The van der Waals surface area contributed by atoms with Crippen molar-refractivity contribution < 1.29 is 8.42 Å². The van der Waals surface area contributed by atoms with E-state index in [4.69, 9.17) is 5.73 Å². The molecule has 2 rings (SSSR count). The van der Waals surface area contributed by atoms with Crippen LogP contribution in [0.2, 0.25) is 0 Å². The topological polar surface area (TPSA) is 72.2 Å². The van der Waals surface area contributed by atoms with Gasteiger partial charge in [0.25, 0.3) is 0 Å². The number of hydrogen-bond acceptors (Lipinski definition) is 5. The first-order valence-corrected chi connectivity index (χ1v) is 9.87. The van der Waals surface area contributed by atoms with Crippen LogP contribution in [-0.4, -0.2) is 32.2 Å². The zero-order chi connectivity index (χ0) is 14.8. The van der Waals surface area contributed by atoms with Crippen LogP contribution in [0.25, 0.3) is 0 Å². The third-order valence-electron chi connectivity index (χ3n) is 4.01. The van der Waals surface area contributed by atoms with Gasteiger partial charge in [-0.05, 0) is 31.2 Å². The van der Waals surface area contributed by atoms with Crippen molar-refractivity contribution in [3.05, 3.63) is 18.2 Å². The minimum absolute atomic E-state index is 0.201. The molecule has 0 heterocycles. The second-order valence-electron chi connectivity index (χ2n) is 5.44. The molecule has 0 amide bonds. The van der Waals surface area contributed by atoms with Gasteiger partial charge in [0.05, 0.1) is 16.3 Å². The molecule has 0 unspecified atom stereocenters. The number of benzene rings is 1. The molecular formula is C14H22N2O2S2. The van der Waals surface area contributed by atoms with Crippen LogP contribution >= 0.6 is 11.8 Å². The molecule has 6 heteroatoms. The quantitative estimate of drug-likeness (QED) is 0.818. The van der Waals surface area contributed by atoms with E-state index in [-0.39, 0.29) is 9.64 Å². The predicted molar refractivity (Wildman–Crippen MR) is 87.2 cm³/mol. The largest absolute Gasteiger partial charge is 0.396 e. The maximum Gasteiger partial charge on any atom is 0.177 e. The van der Waals surface area contributed by atoms with E-state index in [9.17, 15) is 8.42 Å². The highest BCUT2D eigenvalue weighted by atomic mass is 32.2. The van der Waals surface area contributed by atoms with Gasteiger partial charge in [-0.2, -0.15) is 11.8 Å². The van der Waals surface area contributed by atoms with E-state index in [2.05, 4.69) is 11.6 Å². The first-order chi connectivity index (χ1) is 9.38. The molecule has 0 atom stereocenters. The van der Waals surface area contributed by atoms with Gasteiger partial charge in [0.1, 0.15) is 0 Å². The molecule has 20 heavy (non-hydrogen) atoms. The Morgan fingerprint density at radius 1 is 1.35 bits per heavy atom. The Balaban J connectivity index is 2.18. The summed E-state index contributed by atoms with van der Waals surface area (Å²) in [5.41, 5.74) is 7.03. The number of thioether (sulfide) groups is 1. The molecule has 4 nitrogen and oxygen atoms in total. The fraction of sp³-hybridized carbons (Fsp3) is 0.571. The van der Waals surface area contributed by atoms with Gasteiger partial charge in [-0.25, -0.2) is 8.42 Å². The lowest BCUT2D eigenvalue weighted by Crippen LogP contribution is -2.30. The van der Waals surface area contributed by atoms with Crippen LogP contribution in [0.3, 0.4) is 0 Å². The molecule has 0 radical (unpaired) electrons. The fourth-order valence-corrected chi connectivity index (χ4v) is 4.50. The summed E-state index contributed by atoms with van der Waals surface area (Å²) in [5.74, 6) is 0. The Bertz CT molecular complexity index is 579. The van der Waals surface area contributed by atoms with Crippen LogP contribution in [-0.2, 0) is 9.84 Å². The van der Waals surface area contributed by atoms with Gasteiger partial charge in [-0.3, -0.25) is 0 Å². The summed E-state index contributed by atoms with van der Waals surface area (Å²) in [7, 11) is -3.28. The Kier molecular flexibility index (Phi) is 4.54. The molecule has 1 fully saturated rings. The zero-order valence-corrected chi connectivity index (χ0v) is 13.6. The second-order valence-corrected chi connectivity index (χ2v) is 8.70. The lowest BCUT2D eigenvalue weighted by molar-refractivity contribution is 0.602. The van der Waals surface area contributed by atoms with Gasteiger partial charge < -0.3 is 11.1 Å². The van der Waals surface area contributed by atoms with Crippen molar-refractivity contribution in [2.24, 2.45) is 0 Å². The Morgan fingerprint density at radius 2 is 2.00 bits per heavy atom. The maximum absolute atomic E-state index is 11.7. The summed E-state index contributed by atoms with van der Waals surface area (Å²) >= 11 is 1.89. The summed E-state index contributed by atoms with van der Waals surface area (Å²) in [5, 5.41) is 3.35. The van der Waals surface area contributed by atoms with Gasteiger partial charge in [0, 0.05) is 17.5 Å². The highest BCUT2D eigenvalue weighted by molar-refractivity contribution is 8.00. The average molecular weight is 314 g/mol. The highest BCUT2D eigenvalue weighted by Gasteiger charge is 2.32. The molecule has 1 aromatic rings. The van der Waals surface area contributed by atoms with Crippen LogP contribution in [0, 0.1) is 0 Å². The van der Waals surface area contributed by atoms with Crippen molar-refractivity contribution >= 4 is 33.0 Å². The van der Waals surface area contributed by atoms with Crippen LogP contribution in [0.4, 0.5) is 11.4 Å². The third-order valence-corrected chi connectivity index (χ3v) is 6.59. The molecule has 0 spiro atoms.